The van der Waals surface area contributed by atoms with Crippen LogP contribution in [0.5, 0.6) is 0 Å². The van der Waals surface area contributed by atoms with Crippen LogP contribution in [0.2, 0.25) is 0 Å². The van der Waals surface area contributed by atoms with E-state index in [9.17, 15) is 0 Å². The maximum absolute atomic E-state index is 4.34. The molecule has 2 unspecified atom stereocenters. The normalized spacial score (nSPS) is 21.0. The molecule has 1 aromatic heterocycles. The Morgan fingerprint density at radius 3 is 2.79 bits per heavy atom. The monoisotopic (exact) mass is 344 g/mol. The smallest absolute Gasteiger partial charge is 0.191 e. The van der Waals surface area contributed by atoms with Crippen molar-refractivity contribution in [1.82, 2.24) is 25.4 Å². The van der Waals surface area contributed by atoms with E-state index in [-0.39, 0.29) is 0 Å². The zero-order chi connectivity index (χ0) is 16.8. The Labute approximate surface area is 147 Å². The second kappa shape index (κ2) is 8.19. The first kappa shape index (κ1) is 16.8. The van der Waals surface area contributed by atoms with Crippen molar-refractivity contribution in [2.75, 3.05) is 13.3 Å². The van der Waals surface area contributed by atoms with E-state index in [2.05, 4.69) is 44.1 Å². The molecule has 3 rings (SSSR count). The molecule has 7 heteroatoms. The van der Waals surface area contributed by atoms with E-state index in [4.69, 9.17) is 0 Å². The summed E-state index contributed by atoms with van der Waals surface area (Å²) < 4.78 is 1.75. The molecule has 0 bridgehead atoms. The molecule has 1 aromatic carbocycles. The number of hydrogen-bond donors (Lipinski definition) is 2. The van der Waals surface area contributed by atoms with Crippen molar-refractivity contribution in [3.63, 3.8) is 0 Å². The van der Waals surface area contributed by atoms with Crippen LogP contribution < -0.4 is 10.6 Å². The minimum atomic E-state index is 0.531. The average molecular weight is 344 g/mol. The lowest BCUT2D eigenvalue weighted by Gasteiger charge is -2.17. The molecule has 2 atom stereocenters. The SMILES string of the molecule is CN=C(NCc1ccc(-n2cncn2)cc1)NC1CCC(SC)C1. The van der Waals surface area contributed by atoms with E-state index in [1.165, 1.54) is 31.2 Å². The summed E-state index contributed by atoms with van der Waals surface area (Å²) in [4.78, 5) is 8.31. The van der Waals surface area contributed by atoms with E-state index in [1.54, 1.807) is 11.0 Å². The fourth-order valence-corrected chi connectivity index (χ4v) is 3.76. The van der Waals surface area contributed by atoms with Crippen LogP contribution >= 0.6 is 11.8 Å². The molecule has 1 aliphatic carbocycles. The third-order valence-corrected chi connectivity index (χ3v) is 5.46. The van der Waals surface area contributed by atoms with Crippen LogP contribution in [0.4, 0.5) is 0 Å². The van der Waals surface area contributed by atoms with Gasteiger partial charge in [-0.2, -0.15) is 16.9 Å². The van der Waals surface area contributed by atoms with Gasteiger partial charge in [0.05, 0.1) is 5.69 Å². The Kier molecular flexibility index (Phi) is 5.74. The van der Waals surface area contributed by atoms with Crippen LogP contribution in [0.3, 0.4) is 0 Å². The molecule has 128 valence electrons. The lowest BCUT2D eigenvalue weighted by molar-refractivity contribution is 0.614. The molecule has 1 aliphatic rings. The zero-order valence-electron chi connectivity index (χ0n) is 14.1. The van der Waals surface area contributed by atoms with Crippen molar-refractivity contribution in [3.8, 4) is 5.69 Å². The molecule has 2 N–H and O–H groups in total. The molecular formula is C17H24N6S. The highest BCUT2D eigenvalue weighted by atomic mass is 32.2. The number of aromatic nitrogens is 3. The first-order valence-corrected chi connectivity index (χ1v) is 9.51. The lowest BCUT2D eigenvalue weighted by Crippen LogP contribution is -2.42. The van der Waals surface area contributed by atoms with Crippen molar-refractivity contribution in [3.05, 3.63) is 42.5 Å². The van der Waals surface area contributed by atoms with Gasteiger partial charge in [-0.3, -0.25) is 4.99 Å². The van der Waals surface area contributed by atoms with Gasteiger partial charge in [0.25, 0.3) is 0 Å². The minimum Gasteiger partial charge on any atom is -0.354 e. The standard InChI is InChI=1S/C17H24N6S/c1-18-17(22-14-5-8-16(9-14)24-2)20-10-13-3-6-15(7-4-13)23-12-19-11-21-23/h3-4,6-7,11-12,14,16H,5,8-10H2,1-2H3,(H2,18,20,22). The average Bonchev–Trinajstić information content (AvgIpc) is 3.30. The fourth-order valence-electron chi connectivity index (χ4n) is 2.97. The molecule has 0 aliphatic heterocycles. The van der Waals surface area contributed by atoms with E-state index in [0.29, 0.717) is 6.04 Å². The highest BCUT2D eigenvalue weighted by Crippen LogP contribution is 2.27. The van der Waals surface area contributed by atoms with Gasteiger partial charge in [-0.15, -0.1) is 0 Å². The van der Waals surface area contributed by atoms with Crippen LogP contribution in [-0.4, -0.2) is 45.3 Å². The van der Waals surface area contributed by atoms with E-state index in [1.807, 2.05) is 30.9 Å². The molecule has 0 spiro atoms. The fraction of sp³-hybridized carbons (Fsp3) is 0.471. The Morgan fingerprint density at radius 2 is 2.17 bits per heavy atom. The number of aliphatic imine (C=N–C) groups is 1. The second-order valence-electron chi connectivity index (χ2n) is 5.94. The number of guanidine groups is 1. The molecule has 24 heavy (non-hydrogen) atoms. The number of thioether (sulfide) groups is 1. The van der Waals surface area contributed by atoms with Gasteiger partial charge in [-0.05, 0) is 43.2 Å². The molecule has 0 amide bonds. The van der Waals surface area contributed by atoms with Crippen LogP contribution in [0.1, 0.15) is 24.8 Å². The van der Waals surface area contributed by atoms with Crippen LogP contribution in [0.25, 0.3) is 5.69 Å². The third kappa shape index (κ3) is 4.29. The summed E-state index contributed by atoms with van der Waals surface area (Å²) in [6.45, 7) is 0.746. The van der Waals surface area contributed by atoms with Gasteiger partial charge in [0.2, 0.25) is 0 Å². The van der Waals surface area contributed by atoms with Crippen molar-refractivity contribution >= 4 is 17.7 Å². The topological polar surface area (TPSA) is 67.1 Å². The Balaban J connectivity index is 1.50. The molecule has 6 nitrogen and oxygen atoms in total. The first-order chi connectivity index (χ1) is 11.8. The summed E-state index contributed by atoms with van der Waals surface area (Å²) in [5.41, 5.74) is 2.21. The highest BCUT2D eigenvalue weighted by molar-refractivity contribution is 7.99. The van der Waals surface area contributed by atoms with Gasteiger partial charge in [-0.25, -0.2) is 9.67 Å². The molecule has 0 saturated heterocycles. The Hall–Kier alpha value is -2.02. The van der Waals surface area contributed by atoms with Gasteiger partial charge >= 0.3 is 0 Å². The van der Waals surface area contributed by atoms with Gasteiger partial charge in [-0.1, -0.05) is 12.1 Å². The number of hydrogen-bond acceptors (Lipinski definition) is 4. The Morgan fingerprint density at radius 1 is 1.33 bits per heavy atom. The number of nitrogens with one attached hydrogen (secondary N) is 2. The van der Waals surface area contributed by atoms with Crippen LogP contribution in [-0.2, 0) is 6.54 Å². The zero-order valence-corrected chi connectivity index (χ0v) is 15.0. The van der Waals surface area contributed by atoms with E-state index < -0.39 is 0 Å². The summed E-state index contributed by atoms with van der Waals surface area (Å²) in [5.74, 6) is 0.877. The molecular weight excluding hydrogens is 320 g/mol. The van der Waals surface area contributed by atoms with Crippen molar-refractivity contribution in [1.29, 1.82) is 0 Å². The molecule has 1 heterocycles. The summed E-state index contributed by atoms with van der Waals surface area (Å²) >= 11 is 1.97. The van der Waals surface area contributed by atoms with Gasteiger partial charge in [0.15, 0.2) is 5.96 Å². The molecule has 0 radical (unpaired) electrons. The maximum Gasteiger partial charge on any atom is 0.191 e. The second-order valence-corrected chi connectivity index (χ2v) is 7.08. The number of nitrogens with zero attached hydrogens (tertiary/aromatic N) is 4. The first-order valence-electron chi connectivity index (χ1n) is 8.22. The predicted molar refractivity (Wildman–Crippen MR) is 99.6 cm³/mol. The van der Waals surface area contributed by atoms with Crippen LogP contribution in [0, 0.1) is 0 Å². The summed E-state index contributed by atoms with van der Waals surface area (Å²) in [6, 6.07) is 8.81. The third-order valence-electron chi connectivity index (χ3n) is 4.36. The largest absolute Gasteiger partial charge is 0.354 e. The number of benzene rings is 1. The minimum absolute atomic E-state index is 0.531. The molecule has 1 fully saturated rings. The summed E-state index contributed by atoms with van der Waals surface area (Å²) in [5, 5.41) is 11.8. The Bertz CT molecular complexity index is 652. The predicted octanol–water partition coefficient (Wildman–Crippen LogP) is 2.22. The van der Waals surface area contributed by atoms with Gasteiger partial charge < -0.3 is 10.6 Å². The lowest BCUT2D eigenvalue weighted by atomic mass is 10.2. The maximum atomic E-state index is 4.34. The molecule has 1 saturated carbocycles. The highest BCUT2D eigenvalue weighted by Gasteiger charge is 2.24. The van der Waals surface area contributed by atoms with Crippen LogP contribution in [0.15, 0.2) is 41.9 Å². The van der Waals surface area contributed by atoms with E-state index >= 15 is 0 Å². The van der Waals surface area contributed by atoms with E-state index in [0.717, 1.165) is 23.4 Å². The van der Waals surface area contributed by atoms with Gasteiger partial charge in [0, 0.05) is 24.9 Å². The summed E-state index contributed by atoms with van der Waals surface area (Å²) in [7, 11) is 1.82. The quantitative estimate of drug-likeness (QED) is 0.643. The van der Waals surface area contributed by atoms with Gasteiger partial charge in [0.1, 0.15) is 12.7 Å². The van der Waals surface area contributed by atoms with Crippen molar-refractivity contribution in [2.24, 2.45) is 4.99 Å². The number of rotatable bonds is 5. The molecule has 2 aromatic rings. The summed E-state index contributed by atoms with van der Waals surface area (Å²) in [6.07, 6.45) is 9.16. The van der Waals surface area contributed by atoms with Crippen molar-refractivity contribution in [2.45, 2.75) is 37.1 Å². The van der Waals surface area contributed by atoms with Crippen molar-refractivity contribution < 1.29 is 0 Å².